The molecule has 1 atom stereocenters. The van der Waals surface area contributed by atoms with Crippen molar-refractivity contribution in [3.05, 3.63) is 29.8 Å². The fraction of sp³-hybridized carbons (Fsp3) is 0.632. The predicted octanol–water partition coefficient (Wildman–Crippen LogP) is 2.36. The fourth-order valence-electron chi connectivity index (χ4n) is 3.07. The zero-order valence-electron chi connectivity index (χ0n) is 16.3. The Morgan fingerprint density at radius 1 is 1.26 bits per heavy atom. The normalized spacial score (nSPS) is 16.5. The fourth-order valence-corrected chi connectivity index (χ4v) is 4.37. The van der Waals surface area contributed by atoms with Gasteiger partial charge in [-0.1, -0.05) is 26.0 Å². The highest BCUT2D eigenvalue weighted by atomic mass is 35.5. The van der Waals surface area contributed by atoms with Crippen molar-refractivity contribution in [2.45, 2.75) is 69.4 Å². The number of sulfonamides is 1. The number of carbonyl (C=O) groups is 1. The van der Waals surface area contributed by atoms with Crippen molar-refractivity contribution in [2.24, 2.45) is 11.7 Å². The number of halogens is 1. The molecular weight excluding hydrogens is 386 g/mol. The van der Waals surface area contributed by atoms with Crippen molar-refractivity contribution in [2.75, 3.05) is 6.54 Å². The Kier molecular flexibility index (Phi) is 8.73. The summed E-state index contributed by atoms with van der Waals surface area (Å²) in [6.45, 7) is 6.58. The lowest BCUT2D eigenvalue weighted by atomic mass is 9.90. The van der Waals surface area contributed by atoms with Crippen LogP contribution in [-0.4, -0.2) is 32.5 Å². The third-order valence-corrected chi connectivity index (χ3v) is 6.06. The van der Waals surface area contributed by atoms with E-state index < -0.39 is 15.6 Å². The van der Waals surface area contributed by atoms with E-state index in [0.717, 1.165) is 24.8 Å². The van der Waals surface area contributed by atoms with E-state index in [1.54, 1.807) is 24.3 Å². The first-order chi connectivity index (χ1) is 12.1. The van der Waals surface area contributed by atoms with E-state index in [2.05, 4.69) is 23.9 Å². The van der Waals surface area contributed by atoms with E-state index in [1.807, 2.05) is 6.92 Å². The summed E-state index contributed by atoms with van der Waals surface area (Å²) in [5, 5.41) is 3.04. The van der Waals surface area contributed by atoms with Gasteiger partial charge in [0.25, 0.3) is 0 Å². The number of carbonyl (C=O) groups excluding carboxylic acids is 1. The molecule has 1 saturated carbocycles. The zero-order valence-corrected chi connectivity index (χ0v) is 18.0. The lowest BCUT2D eigenvalue weighted by molar-refractivity contribution is -0.122. The second-order valence-electron chi connectivity index (χ2n) is 7.95. The van der Waals surface area contributed by atoms with E-state index in [-0.39, 0.29) is 29.3 Å². The summed E-state index contributed by atoms with van der Waals surface area (Å²) in [6.07, 6.45) is 3.55. The zero-order chi connectivity index (χ0) is 19.4. The molecule has 2 rings (SSSR count). The van der Waals surface area contributed by atoms with Gasteiger partial charge in [0.15, 0.2) is 0 Å². The van der Waals surface area contributed by atoms with Gasteiger partial charge in [-0.3, -0.25) is 4.79 Å². The van der Waals surface area contributed by atoms with Crippen LogP contribution in [0.3, 0.4) is 0 Å². The maximum Gasteiger partial charge on any atom is 0.240 e. The number of aryl methyl sites for hydroxylation is 1. The van der Waals surface area contributed by atoms with Crippen molar-refractivity contribution >= 4 is 28.3 Å². The van der Waals surface area contributed by atoms with E-state index in [9.17, 15) is 13.2 Å². The Morgan fingerprint density at radius 2 is 1.85 bits per heavy atom. The smallest absolute Gasteiger partial charge is 0.240 e. The Morgan fingerprint density at radius 3 is 2.33 bits per heavy atom. The molecule has 1 aliphatic carbocycles. The molecule has 1 aliphatic rings. The SMILES string of the molecule is CC(C)CC(C)(CN)NC(=O)CCc1ccc(S(=O)(=O)NC2CC2)cc1.Cl. The van der Waals surface area contributed by atoms with Crippen molar-refractivity contribution in [3.8, 4) is 0 Å². The number of rotatable bonds is 10. The molecule has 8 heteroatoms. The van der Waals surface area contributed by atoms with Gasteiger partial charge in [-0.05, 0) is 56.2 Å². The standard InChI is InChI=1S/C19H31N3O3S.ClH/c1-14(2)12-19(3,13-20)21-18(23)11-6-15-4-9-17(10-5-15)26(24,25)22-16-7-8-16;/h4-5,9-10,14,16,22H,6-8,11-13,20H2,1-3H3,(H,21,23);1H. The Labute approximate surface area is 169 Å². The van der Waals surface area contributed by atoms with Gasteiger partial charge in [0, 0.05) is 24.5 Å². The molecule has 6 nitrogen and oxygen atoms in total. The average Bonchev–Trinajstić information content (AvgIpc) is 3.36. The van der Waals surface area contributed by atoms with Gasteiger partial charge in [-0.15, -0.1) is 12.4 Å². The van der Waals surface area contributed by atoms with Gasteiger partial charge in [-0.2, -0.15) is 0 Å². The van der Waals surface area contributed by atoms with Crippen molar-refractivity contribution < 1.29 is 13.2 Å². The maximum atomic E-state index is 12.3. The van der Waals surface area contributed by atoms with Crippen LogP contribution in [0.4, 0.5) is 0 Å². The topological polar surface area (TPSA) is 101 Å². The summed E-state index contributed by atoms with van der Waals surface area (Å²) in [7, 11) is -3.43. The molecule has 27 heavy (non-hydrogen) atoms. The van der Waals surface area contributed by atoms with Crippen LogP contribution in [0, 0.1) is 5.92 Å². The molecule has 0 radical (unpaired) electrons. The largest absolute Gasteiger partial charge is 0.350 e. The van der Waals surface area contributed by atoms with E-state index >= 15 is 0 Å². The third kappa shape index (κ3) is 7.78. The number of hydrogen-bond acceptors (Lipinski definition) is 4. The minimum atomic E-state index is -3.43. The summed E-state index contributed by atoms with van der Waals surface area (Å²) < 4.78 is 27.0. The summed E-state index contributed by atoms with van der Waals surface area (Å²) in [5.41, 5.74) is 6.37. The number of benzene rings is 1. The van der Waals surface area contributed by atoms with Crippen LogP contribution in [0.2, 0.25) is 0 Å². The lowest BCUT2D eigenvalue weighted by Gasteiger charge is -2.31. The number of amides is 1. The number of nitrogens with two attached hydrogens (primary N) is 1. The first kappa shape index (κ1) is 23.9. The van der Waals surface area contributed by atoms with Gasteiger partial charge in [0.05, 0.1) is 4.90 Å². The molecule has 1 amide bonds. The molecule has 1 aromatic rings. The quantitative estimate of drug-likeness (QED) is 0.543. The molecule has 154 valence electrons. The van der Waals surface area contributed by atoms with Crippen molar-refractivity contribution in [1.82, 2.24) is 10.0 Å². The van der Waals surface area contributed by atoms with Gasteiger partial charge in [0.1, 0.15) is 0 Å². The second-order valence-corrected chi connectivity index (χ2v) is 9.66. The highest BCUT2D eigenvalue weighted by Crippen LogP contribution is 2.22. The predicted molar refractivity (Wildman–Crippen MR) is 110 cm³/mol. The Bertz CT molecular complexity index is 718. The minimum Gasteiger partial charge on any atom is -0.350 e. The van der Waals surface area contributed by atoms with Crippen LogP contribution in [-0.2, 0) is 21.2 Å². The molecule has 0 aromatic heterocycles. The van der Waals surface area contributed by atoms with E-state index in [1.165, 1.54) is 0 Å². The molecule has 1 fully saturated rings. The number of hydrogen-bond donors (Lipinski definition) is 3. The minimum absolute atomic E-state index is 0. The van der Waals surface area contributed by atoms with Gasteiger partial charge in [0.2, 0.25) is 15.9 Å². The van der Waals surface area contributed by atoms with Gasteiger partial charge >= 0.3 is 0 Å². The van der Waals surface area contributed by atoms with E-state index in [4.69, 9.17) is 5.73 Å². The first-order valence-electron chi connectivity index (χ1n) is 9.26. The van der Waals surface area contributed by atoms with Crippen LogP contribution >= 0.6 is 12.4 Å². The molecular formula is C19H32ClN3O3S. The van der Waals surface area contributed by atoms with E-state index in [0.29, 0.717) is 25.3 Å². The molecule has 4 N–H and O–H groups in total. The lowest BCUT2D eigenvalue weighted by Crippen LogP contribution is -2.52. The summed E-state index contributed by atoms with van der Waals surface area (Å²) >= 11 is 0. The van der Waals surface area contributed by atoms with Gasteiger partial charge < -0.3 is 11.1 Å². The molecule has 0 aliphatic heterocycles. The first-order valence-corrected chi connectivity index (χ1v) is 10.7. The molecule has 0 heterocycles. The number of nitrogens with one attached hydrogen (secondary N) is 2. The van der Waals surface area contributed by atoms with Crippen molar-refractivity contribution in [1.29, 1.82) is 0 Å². The summed E-state index contributed by atoms with van der Waals surface area (Å²) in [5.74, 6) is 0.410. The highest BCUT2D eigenvalue weighted by Gasteiger charge is 2.28. The molecule has 0 bridgehead atoms. The molecule has 0 saturated heterocycles. The second kappa shape index (κ2) is 9.87. The van der Waals surface area contributed by atoms with Crippen LogP contribution < -0.4 is 15.8 Å². The highest BCUT2D eigenvalue weighted by molar-refractivity contribution is 7.89. The van der Waals surface area contributed by atoms with Crippen LogP contribution in [0.25, 0.3) is 0 Å². The average molecular weight is 418 g/mol. The third-order valence-electron chi connectivity index (χ3n) is 4.52. The Balaban J connectivity index is 0.00000364. The maximum absolute atomic E-state index is 12.3. The van der Waals surface area contributed by atoms with Crippen LogP contribution in [0.5, 0.6) is 0 Å². The molecule has 0 spiro atoms. The van der Waals surface area contributed by atoms with Crippen molar-refractivity contribution in [3.63, 3.8) is 0 Å². The molecule has 1 aromatic carbocycles. The summed E-state index contributed by atoms with van der Waals surface area (Å²) in [4.78, 5) is 12.5. The molecule has 1 unspecified atom stereocenters. The summed E-state index contributed by atoms with van der Waals surface area (Å²) in [6, 6.07) is 6.82. The Hall–Kier alpha value is -1.15. The van der Waals surface area contributed by atoms with Crippen LogP contribution in [0.1, 0.15) is 52.0 Å². The van der Waals surface area contributed by atoms with Gasteiger partial charge in [-0.25, -0.2) is 13.1 Å². The van der Waals surface area contributed by atoms with Crippen LogP contribution in [0.15, 0.2) is 29.2 Å². The monoisotopic (exact) mass is 417 g/mol.